The third-order valence-electron chi connectivity index (χ3n) is 3.68. The van der Waals surface area contributed by atoms with Crippen molar-refractivity contribution in [3.05, 3.63) is 66.2 Å². The molecule has 0 spiro atoms. The van der Waals surface area contributed by atoms with Crippen LogP contribution in [0.5, 0.6) is 11.5 Å². The van der Waals surface area contributed by atoms with Gasteiger partial charge in [0, 0.05) is 5.56 Å². The fourth-order valence-electron chi connectivity index (χ4n) is 2.40. The number of para-hydroxylation sites is 2. The molecule has 0 fully saturated rings. The van der Waals surface area contributed by atoms with Gasteiger partial charge in [-0.25, -0.2) is 4.79 Å². The molecular formula is C21H24O4. The first-order valence-electron chi connectivity index (χ1n) is 8.41. The van der Waals surface area contributed by atoms with E-state index in [4.69, 9.17) is 14.2 Å². The van der Waals surface area contributed by atoms with Crippen LogP contribution in [0.15, 0.2) is 60.7 Å². The number of carbonyl (C=O) groups is 1. The highest BCUT2D eigenvalue weighted by molar-refractivity contribution is 6.17. The van der Waals surface area contributed by atoms with Gasteiger partial charge in [-0.2, -0.15) is 0 Å². The second-order valence-electron chi connectivity index (χ2n) is 5.41. The Morgan fingerprint density at radius 2 is 1.56 bits per heavy atom. The Kier molecular flexibility index (Phi) is 7.57. The molecule has 0 bridgehead atoms. The van der Waals surface area contributed by atoms with E-state index in [0.717, 1.165) is 24.2 Å². The third kappa shape index (κ3) is 5.68. The summed E-state index contributed by atoms with van der Waals surface area (Å²) >= 11 is 0. The van der Waals surface area contributed by atoms with Crippen molar-refractivity contribution in [2.45, 2.75) is 19.8 Å². The van der Waals surface area contributed by atoms with Gasteiger partial charge in [0.1, 0.15) is 11.5 Å². The van der Waals surface area contributed by atoms with E-state index in [-0.39, 0.29) is 5.97 Å². The van der Waals surface area contributed by atoms with E-state index in [1.165, 1.54) is 7.11 Å². The largest absolute Gasteiger partial charge is 0.494 e. The van der Waals surface area contributed by atoms with E-state index in [1.54, 1.807) is 6.08 Å². The average Bonchev–Trinajstić information content (AvgIpc) is 2.66. The van der Waals surface area contributed by atoms with E-state index in [0.29, 0.717) is 24.5 Å². The average molecular weight is 340 g/mol. The molecule has 0 saturated heterocycles. The molecule has 2 rings (SSSR count). The number of unbranched alkanes of at least 4 members (excludes halogenated alkanes) is 1. The van der Waals surface area contributed by atoms with Gasteiger partial charge < -0.3 is 14.2 Å². The van der Waals surface area contributed by atoms with Gasteiger partial charge in [0.2, 0.25) is 0 Å². The predicted molar refractivity (Wildman–Crippen MR) is 98.8 cm³/mol. The van der Waals surface area contributed by atoms with Crippen molar-refractivity contribution in [1.82, 2.24) is 0 Å². The highest BCUT2D eigenvalue weighted by atomic mass is 16.5. The number of ether oxygens (including phenoxy) is 3. The number of methoxy groups -OCH3 is 1. The molecule has 4 nitrogen and oxygen atoms in total. The quantitative estimate of drug-likeness (QED) is 0.383. The molecule has 0 amide bonds. The Morgan fingerprint density at radius 3 is 2.24 bits per heavy atom. The van der Waals surface area contributed by atoms with Crippen LogP contribution in [0.25, 0.3) is 5.57 Å². The summed E-state index contributed by atoms with van der Waals surface area (Å²) in [6, 6.07) is 17.2. The van der Waals surface area contributed by atoms with Gasteiger partial charge in [-0.1, -0.05) is 42.5 Å². The van der Waals surface area contributed by atoms with Gasteiger partial charge in [-0.3, -0.25) is 0 Å². The second kappa shape index (κ2) is 10.2. The van der Waals surface area contributed by atoms with E-state index in [9.17, 15) is 4.79 Å². The summed E-state index contributed by atoms with van der Waals surface area (Å²) in [5.41, 5.74) is 1.25. The van der Waals surface area contributed by atoms with Crippen LogP contribution >= 0.6 is 0 Å². The molecule has 132 valence electrons. The van der Waals surface area contributed by atoms with Crippen molar-refractivity contribution >= 4 is 11.5 Å². The minimum Gasteiger partial charge on any atom is -0.494 e. The van der Waals surface area contributed by atoms with Crippen LogP contribution in [-0.4, -0.2) is 26.3 Å². The zero-order valence-corrected chi connectivity index (χ0v) is 14.7. The Morgan fingerprint density at radius 1 is 0.920 bits per heavy atom. The summed E-state index contributed by atoms with van der Waals surface area (Å²) < 4.78 is 16.4. The van der Waals surface area contributed by atoms with Crippen molar-refractivity contribution in [3.63, 3.8) is 0 Å². The molecule has 0 radical (unpaired) electrons. The number of benzene rings is 2. The molecule has 2 aromatic carbocycles. The summed E-state index contributed by atoms with van der Waals surface area (Å²) in [5, 5.41) is 0. The molecule has 0 saturated carbocycles. The normalized spacial score (nSPS) is 11.0. The number of allylic oxidation sites excluding steroid dienone is 1. The van der Waals surface area contributed by atoms with E-state index >= 15 is 0 Å². The zero-order chi connectivity index (χ0) is 17.9. The lowest BCUT2D eigenvalue weighted by Gasteiger charge is -2.13. The minimum absolute atomic E-state index is 0.366. The summed E-state index contributed by atoms with van der Waals surface area (Å²) in [5.74, 6) is 1.20. The number of rotatable bonds is 9. The number of esters is 1. The van der Waals surface area contributed by atoms with Gasteiger partial charge in [0.15, 0.2) is 0 Å². The molecule has 0 aliphatic carbocycles. The smallest absolute Gasteiger partial charge is 0.338 e. The topological polar surface area (TPSA) is 44.8 Å². The molecule has 25 heavy (non-hydrogen) atoms. The van der Waals surface area contributed by atoms with E-state index in [2.05, 4.69) is 0 Å². The molecule has 0 heterocycles. The summed E-state index contributed by atoms with van der Waals surface area (Å²) in [6.07, 6.45) is 3.50. The van der Waals surface area contributed by atoms with Gasteiger partial charge in [-0.05, 0) is 38.0 Å². The monoisotopic (exact) mass is 340 g/mol. The highest BCUT2D eigenvalue weighted by Crippen LogP contribution is 2.27. The van der Waals surface area contributed by atoms with Crippen LogP contribution in [0.1, 0.15) is 25.3 Å². The SMILES string of the molecule is CC=C(C(=O)OC)c1ccccc1OCCCCOc1ccccc1. The minimum atomic E-state index is -0.366. The van der Waals surface area contributed by atoms with Crippen LogP contribution in [0.2, 0.25) is 0 Å². The van der Waals surface area contributed by atoms with Gasteiger partial charge in [0.25, 0.3) is 0 Å². The Bertz CT molecular complexity index is 692. The molecule has 0 aliphatic heterocycles. The van der Waals surface area contributed by atoms with Crippen LogP contribution in [0.4, 0.5) is 0 Å². The first kappa shape index (κ1) is 18.6. The fourth-order valence-corrected chi connectivity index (χ4v) is 2.40. The van der Waals surface area contributed by atoms with Crippen molar-refractivity contribution in [2.75, 3.05) is 20.3 Å². The maximum absolute atomic E-state index is 11.9. The molecule has 0 N–H and O–H groups in total. The van der Waals surface area contributed by atoms with E-state index < -0.39 is 0 Å². The molecule has 2 aromatic rings. The second-order valence-corrected chi connectivity index (χ2v) is 5.41. The lowest BCUT2D eigenvalue weighted by molar-refractivity contribution is -0.133. The summed E-state index contributed by atoms with van der Waals surface area (Å²) in [6.45, 7) is 3.02. The molecule has 4 heteroatoms. The molecule has 0 aliphatic rings. The molecular weight excluding hydrogens is 316 g/mol. The van der Waals surface area contributed by atoms with Crippen LogP contribution < -0.4 is 9.47 Å². The molecule has 0 unspecified atom stereocenters. The Hall–Kier alpha value is -2.75. The lowest BCUT2D eigenvalue weighted by atomic mass is 10.0. The first-order valence-corrected chi connectivity index (χ1v) is 8.41. The summed E-state index contributed by atoms with van der Waals surface area (Å²) in [7, 11) is 1.38. The Labute approximate surface area is 149 Å². The van der Waals surface area contributed by atoms with Crippen molar-refractivity contribution in [1.29, 1.82) is 0 Å². The van der Waals surface area contributed by atoms with Crippen molar-refractivity contribution in [3.8, 4) is 11.5 Å². The summed E-state index contributed by atoms with van der Waals surface area (Å²) in [4.78, 5) is 11.9. The van der Waals surface area contributed by atoms with Gasteiger partial charge in [-0.15, -0.1) is 0 Å². The fraction of sp³-hybridized carbons (Fsp3) is 0.286. The van der Waals surface area contributed by atoms with Gasteiger partial charge >= 0.3 is 5.97 Å². The van der Waals surface area contributed by atoms with Crippen LogP contribution in [0, 0.1) is 0 Å². The maximum atomic E-state index is 11.9. The van der Waals surface area contributed by atoms with Crippen molar-refractivity contribution in [2.24, 2.45) is 0 Å². The maximum Gasteiger partial charge on any atom is 0.338 e. The molecule has 0 aromatic heterocycles. The van der Waals surface area contributed by atoms with E-state index in [1.807, 2.05) is 61.5 Å². The third-order valence-corrected chi connectivity index (χ3v) is 3.68. The Balaban J connectivity index is 1.82. The van der Waals surface area contributed by atoms with Crippen molar-refractivity contribution < 1.29 is 19.0 Å². The molecule has 0 atom stereocenters. The number of carbonyl (C=O) groups excluding carboxylic acids is 1. The number of hydrogen-bond acceptors (Lipinski definition) is 4. The van der Waals surface area contributed by atoms with Crippen LogP contribution in [-0.2, 0) is 9.53 Å². The number of hydrogen-bond donors (Lipinski definition) is 0. The highest BCUT2D eigenvalue weighted by Gasteiger charge is 2.15. The standard InChI is InChI=1S/C21H24O4/c1-3-18(21(22)23-2)19-13-7-8-14-20(19)25-16-10-9-15-24-17-11-5-4-6-12-17/h3-8,11-14H,9-10,15-16H2,1-2H3. The first-order chi connectivity index (χ1) is 12.3. The lowest BCUT2D eigenvalue weighted by Crippen LogP contribution is -2.07. The predicted octanol–water partition coefficient (Wildman–Crippen LogP) is 4.50. The van der Waals surface area contributed by atoms with Gasteiger partial charge in [0.05, 0.1) is 25.9 Å². The zero-order valence-electron chi connectivity index (χ0n) is 14.7. The van der Waals surface area contributed by atoms with Crippen LogP contribution in [0.3, 0.4) is 0 Å².